The van der Waals surface area contributed by atoms with Crippen LogP contribution in [0.5, 0.6) is 0 Å². The number of hydrogen-bond donors (Lipinski definition) is 2. The van der Waals surface area contributed by atoms with Gasteiger partial charge in [0.2, 0.25) is 11.8 Å². The highest BCUT2D eigenvalue weighted by molar-refractivity contribution is 5.97. The number of unbranched alkanes of at least 4 members (excludes halogenated alkanes) is 1. The van der Waals surface area contributed by atoms with Gasteiger partial charge in [0, 0.05) is 37.9 Å². The number of rotatable bonds is 7. The zero-order valence-electron chi connectivity index (χ0n) is 16.5. The molecule has 29 heavy (non-hydrogen) atoms. The number of nitrogens with one attached hydrogen (secondary N) is 1. The molecule has 154 valence electrons. The molecule has 2 aliphatic rings. The summed E-state index contributed by atoms with van der Waals surface area (Å²) in [4.78, 5) is 29.4. The molecule has 0 aliphatic carbocycles. The Morgan fingerprint density at radius 2 is 1.97 bits per heavy atom. The Balaban J connectivity index is 1.36. The molecule has 1 aromatic heterocycles. The van der Waals surface area contributed by atoms with Gasteiger partial charge in [0.1, 0.15) is 12.1 Å². The van der Waals surface area contributed by atoms with Gasteiger partial charge in [-0.25, -0.2) is 4.68 Å². The van der Waals surface area contributed by atoms with E-state index in [2.05, 4.69) is 15.3 Å². The van der Waals surface area contributed by atoms with E-state index in [-0.39, 0.29) is 11.8 Å². The van der Waals surface area contributed by atoms with Crippen molar-refractivity contribution in [3.8, 4) is 5.69 Å². The number of carbonyl (C=O) groups excluding carboxylic acids is 2. The number of amides is 2. The summed E-state index contributed by atoms with van der Waals surface area (Å²) in [5, 5.41) is 7.36. The molecule has 2 aliphatic heterocycles. The molecule has 0 saturated carbocycles. The second-order valence-corrected chi connectivity index (χ2v) is 7.76. The van der Waals surface area contributed by atoms with Gasteiger partial charge >= 0.3 is 0 Å². The van der Waals surface area contributed by atoms with E-state index in [0.29, 0.717) is 32.6 Å². The lowest BCUT2D eigenvalue weighted by atomic mass is 10.00. The van der Waals surface area contributed by atoms with E-state index < -0.39 is 12.1 Å². The molecule has 1 aromatic carbocycles. The largest absolute Gasteiger partial charge is 0.342 e. The van der Waals surface area contributed by atoms with Gasteiger partial charge in [0.25, 0.3) is 0 Å². The summed E-state index contributed by atoms with van der Waals surface area (Å²) in [6.07, 6.45) is 6.25. The molecule has 0 spiro atoms. The van der Waals surface area contributed by atoms with E-state index in [9.17, 15) is 9.59 Å². The third-order valence-corrected chi connectivity index (χ3v) is 5.67. The molecule has 8 heteroatoms. The van der Waals surface area contributed by atoms with Gasteiger partial charge in [-0.05, 0) is 37.9 Å². The minimum atomic E-state index is -0.411. The van der Waals surface area contributed by atoms with Crippen molar-refractivity contribution in [1.29, 1.82) is 0 Å². The van der Waals surface area contributed by atoms with Crippen LogP contribution in [0.2, 0.25) is 0 Å². The number of nitrogens with two attached hydrogens (primary N) is 1. The molecule has 2 atom stereocenters. The zero-order valence-corrected chi connectivity index (χ0v) is 16.5. The Morgan fingerprint density at radius 3 is 2.76 bits per heavy atom. The predicted molar refractivity (Wildman–Crippen MR) is 109 cm³/mol. The summed E-state index contributed by atoms with van der Waals surface area (Å²) in [7, 11) is 0. The summed E-state index contributed by atoms with van der Waals surface area (Å²) >= 11 is 0. The first kappa shape index (κ1) is 19.6. The summed E-state index contributed by atoms with van der Waals surface area (Å²) in [5.74, 6) is -0.00445. The molecule has 3 heterocycles. The number of hydrogen-bond acceptors (Lipinski definition) is 5. The van der Waals surface area contributed by atoms with E-state index in [1.165, 1.54) is 0 Å². The Morgan fingerprint density at radius 1 is 1.14 bits per heavy atom. The first-order valence-corrected chi connectivity index (χ1v) is 10.3. The van der Waals surface area contributed by atoms with Crippen LogP contribution in [0.1, 0.15) is 24.8 Å². The standard InChI is InChI=1S/C21H28N6O2/c22-9-5-4-8-18-21(29)26-11-10-25(15-19(26)20(28)24-18)13-16-12-23-27(14-16)17-6-2-1-3-7-17/h1-3,6-7,12,14,18-19H,4-5,8-11,13,15,22H2,(H,24,28)/t18-,19+/m0/s1. The van der Waals surface area contributed by atoms with Crippen molar-refractivity contribution in [2.24, 2.45) is 5.73 Å². The maximum Gasteiger partial charge on any atom is 0.245 e. The Kier molecular flexibility index (Phi) is 5.92. The van der Waals surface area contributed by atoms with Gasteiger partial charge in [0.05, 0.1) is 11.9 Å². The average molecular weight is 396 g/mol. The van der Waals surface area contributed by atoms with E-state index >= 15 is 0 Å². The van der Waals surface area contributed by atoms with Crippen LogP contribution in [0.3, 0.4) is 0 Å². The summed E-state index contributed by atoms with van der Waals surface area (Å²) in [5.41, 5.74) is 7.63. The molecule has 2 amide bonds. The molecule has 3 N–H and O–H groups in total. The van der Waals surface area contributed by atoms with Crippen LogP contribution < -0.4 is 11.1 Å². The number of fused-ring (bicyclic) bond motifs is 1. The second kappa shape index (κ2) is 8.75. The van der Waals surface area contributed by atoms with Gasteiger partial charge in [-0.3, -0.25) is 14.5 Å². The number of para-hydroxylation sites is 1. The van der Waals surface area contributed by atoms with Gasteiger partial charge < -0.3 is 16.0 Å². The molecule has 0 radical (unpaired) electrons. The minimum absolute atomic E-state index is 0.0446. The van der Waals surface area contributed by atoms with Crippen LogP contribution in [0.15, 0.2) is 42.7 Å². The Hall–Kier alpha value is -2.71. The SMILES string of the molecule is NCCCC[C@@H]1NC(=O)[C@H]2CN(Cc3cnn(-c4ccccc4)c3)CCN2C1=O. The maximum atomic E-state index is 12.8. The number of carbonyl (C=O) groups is 2. The number of piperazine rings is 2. The Labute approximate surface area is 170 Å². The monoisotopic (exact) mass is 396 g/mol. The van der Waals surface area contributed by atoms with E-state index in [1.54, 1.807) is 4.90 Å². The van der Waals surface area contributed by atoms with Crippen molar-refractivity contribution in [1.82, 2.24) is 24.9 Å². The summed E-state index contributed by atoms with van der Waals surface area (Å²) in [6, 6.07) is 9.16. The molecule has 4 rings (SSSR count). The first-order valence-electron chi connectivity index (χ1n) is 10.3. The predicted octanol–water partition coefficient (Wildman–Crippen LogP) is 0.513. The molecule has 0 unspecified atom stereocenters. The highest BCUT2D eigenvalue weighted by Gasteiger charge is 2.42. The normalized spacial score (nSPS) is 22.4. The smallest absolute Gasteiger partial charge is 0.245 e. The van der Waals surface area contributed by atoms with Crippen molar-refractivity contribution in [3.05, 3.63) is 48.3 Å². The average Bonchev–Trinajstić information content (AvgIpc) is 3.21. The first-order chi connectivity index (χ1) is 14.2. The lowest BCUT2D eigenvalue weighted by Crippen LogP contribution is -2.69. The molecule has 2 aromatic rings. The number of aromatic nitrogens is 2. The molecule has 2 fully saturated rings. The maximum absolute atomic E-state index is 12.8. The molecule has 2 saturated heterocycles. The zero-order chi connectivity index (χ0) is 20.2. The molecule has 8 nitrogen and oxygen atoms in total. The van der Waals surface area contributed by atoms with Crippen molar-refractivity contribution in [2.45, 2.75) is 37.9 Å². The van der Waals surface area contributed by atoms with Gasteiger partial charge in [-0.1, -0.05) is 18.2 Å². The highest BCUT2D eigenvalue weighted by atomic mass is 16.2. The van der Waals surface area contributed by atoms with Crippen LogP contribution in [-0.4, -0.2) is 69.7 Å². The quantitative estimate of drug-likeness (QED) is 0.665. The van der Waals surface area contributed by atoms with Crippen molar-refractivity contribution >= 4 is 11.8 Å². The van der Waals surface area contributed by atoms with Crippen LogP contribution in [0.4, 0.5) is 0 Å². The van der Waals surface area contributed by atoms with Crippen molar-refractivity contribution in [2.75, 3.05) is 26.2 Å². The lowest BCUT2D eigenvalue weighted by Gasteiger charge is -2.45. The fourth-order valence-corrected chi connectivity index (χ4v) is 4.11. The van der Waals surface area contributed by atoms with Crippen molar-refractivity contribution < 1.29 is 9.59 Å². The van der Waals surface area contributed by atoms with Crippen LogP contribution in [0.25, 0.3) is 5.69 Å². The van der Waals surface area contributed by atoms with E-state index in [0.717, 1.165) is 30.6 Å². The molecular formula is C21H28N6O2. The second-order valence-electron chi connectivity index (χ2n) is 7.76. The van der Waals surface area contributed by atoms with Gasteiger partial charge in [-0.2, -0.15) is 5.10 Å². The fraction of sp³-hybridized carbons (Fsp3) is 0.476. The van der Waals surface area contributed by atoms with Crippen molar-refractivity contribution in [3.63, 3.8) is 0 Å². The van der Waals surface area contributed by atoms with Gasteiger partial charge in [-0.15, -0.1) is 0 Å². The van der Waals surface area contributed by atoms with Crippen LogP contribution in [-0.2, 0) is 16.1 Å². The molecular weight excluding hydrogens is 368 g/mol. The molecule has 0 bridgehead atoms. The number of benzene rings is 1. The van der Waals surface area contributed by atoms with E-state index in [1.807, 2.05) is 47.4 Å². The number of nitrogens with zero attached hydrogens (tertiary/aromatic N) is 4. The topological polar surface area (TPSA) is 96.5 Å². The fourth-order valence-electron chi connectivity index (χ4n) is 4.11. The van der Waals surface area contributed by atoms with Crippen LogP contribution >= 0.6 is 0 Å². The third kappa shape index (κ3) is 4.33. The Bertz CT molecular complexity index is 852. The summed E-state index contributed by atoms with van der Waals surface area (Å²) < 4.78 is 1.86. The third-order valence-electron chi connectivity index (χ3n) is 5.67. The lowest BCUT2D eigenvalue weighted by molar-refractivity contribution is -0.153. The van der Waals surface area contributed by atoms with Gasteiger partial charge in [0.15, 0.2) is 0 Å². The minimum Gasteiger partial charge on any atom is -0.342 e. The van der Waals surface area contributed by atoms with Crippen LogP contribution in [0, 0.1) is 0 Å². The van der Waals surface area contributed by atoms with E-state index in [4.69, 9.17) is 5.73 Å². The summed E-state index contributed by atoms with van der Waals surface area (Å²) in [6.45, 7) is 3.19. The highest BCUT2D eigenvalue weighted by Crippen LogP contribution is 2.20.